The number of likely N-dealkylation sites (tertiary alicyclic amines) is 1. The average Bonchev–Trinajstić information content (AvgIpc) is 3.08. The molecule has 1 fully saturated rings. The van der Waals surface area contributed by atoms with Crippen molar-refractivity contribution in [1.29, 1.82) is 0 Å². The van der Waals surface area contributed by atoms with Gasteiger partial charge in [0.25, 0.3) is 0 Å². The largest absolute Gasteiger partial charge is 0.480 e. The highest BCUT2D eigenvalue weighted by molar-refractivity contribution is 6.00. The summed E-state index contributed by atoms with van der Waals surface area (Å²) in [5, 5.41) is 10.4. The number of hydrogen-bond acceptors (Lipinski definition) is 4. The summed E-state index contributed by atoms with van der Waals surface area (Å²) in [6.45, 7) is 5.01. The molecule has 0 radical (unpaired) electrons. The molecular weight excluding hydrogens is 336 g/mol. The van der Waals surface area contributed by atoms with E-state index < -0.39 is 35.5 Å². The van der Waals surface area contributed by atoms with E-state index in [9.17, 15) is 19.5 Å². The van der Waals surface area contributed by atoms with E-state index in [0.717, 1.165) is 21.4 Å². The van der Waals surface area contributed by atoms with Gasteiger partial charge in [-0.15, -0.1) is 0 Å². The number of nitrogens with zero attached hydrogens (tertiary/aromatic N) is 1. The van der Waals surface area contributed by atoms with E-state index in [0.29, 0.717) is 6.42 Å². The number of rotatable bonds is 3. The van der Waals surface area contributed by atoms with Crippen LogP contribution in [-0.2, 0) is 20.7 Å². The van der Waals surface area contributed by atoms with Crippen molar-refractivity contribution in [3.8, 4) is 0 Å². The molecule has 1 saturated heterocycles. The van der Waals surface area contributed by atoms with Gasteiger partial charge in [0.2, 0.25) is 5.91 Å². The molecule has 2 atom stereocenters. The highest BCUT2D eigenvalue weighted by Crippen LogP contribution is 2.31. The smallest absolute Gasteiger partial charge is 0.417 e. The van der Waals surface area contributed by atoms with Crippen molar-refractivity contribution in [2.24, 2.45) is 5.92 Å². The fourth-order valence-corrected chi connectivity index (χ4v) is 3.30. The minimum absolute atomic E-state index is 0.0763. The maximum Gasteiger partial charge on any atom is 0.417 e. The zero-order chi connectivity index (χ0) is 19.1. The molecule has 0 aliphatic carbocycles. The lowest BCUT2D eigenvalue weighted by atomic mass is 9.96. The van der Waals surface area contributed by atoms with Gasteiger partial charge in [-0.2, -0.15) is 0 Å². The van der Waals surface area contributed by atoms with Crippen molar-refractivity contribution >= 4 is 28.9 Å². The molecule has 2 amide bonds. The van der Waals surface area contributed by atoms with Crippen LogP contribution < -0.4 is 0 Å². The number of nitrogens with one attached hydrogen (secondary N) is 1. The molecular formula is C19H22N2O5. The van der Waals surface area contributed by atoms with Gasteiger partial charge in [-0.05, 0) is 45.2 Å². The molecule has 0 spiro atoms. The van der Waals surface area contributed by atoms with Crippen LogP contribution >= 0.6 is 0 Å². The Labute approximate surface area is 150 Å². The summed E-state index contributed by atoms with van der Waals surface area (Å²) in [5.41, 5.74) is 1.07. The van der Waals surface area contributed by atoms with E-state index >= 15 is 0 Å². The van der Waals surface area contributed by atoms with Gasteiger partial charge in [-0.25, -0.2) is 14.5 Å². The molecule has 7 nitrogen and oxygen atoms in total. The number of H-pyrrole nitrogens is 1. The number of fused-ring (bicyclic) bond motifs is 1. The van der Waals surface area contributed by atoms with Gasteiger partial charge in [-0.3, -0.25) is 4.79 Å². The maximum absolute atomic E-state index is 12.8. The molecule has 1 aromatic heterocycles. The third-order valence-electron chi connectivity index (χ3n) is 4.42. The van der Waals surface area contributed by atoms with Crippen molar-refractivity contribution in [2.75, 3.05) is 0 Å². The van der Waals surface area contributed by atoms with Gasteiger partial charge >= 0.3 is 12.1 Å². The number of ether oxygens (including phenoxy) is 1. The van der Waals surface area contributed by atoms with Crippen LogP contribution in [0.5, 0.6) is 0 Å². The molecule has 2 N–H and O–H groups in total. The first-order chi connectivity index (χ1) is 12.2. The molecule has 0 saturated carbocycles. The predicted molar refractivity (Wildman–Crippen MR) is 94.6 cm³/mol. The lowest BCUT2D eigenvalue weighted by Gasteiger charge is -2.25. The van der Waals surface area contributed by atoms with Crippen LogP contribution in [0.25, 0.3) is 10.9 Å². The van der Waals surface area contributed by atoms with Crippen LogP contribution in [0.1, 0.15) is 32.8 Å². The minimum atomic E-state index is -1.20. The van der Waals surface area contributed by atoms with E-state index in [2.05, 4.69) is 4.98 Å². The van der Waals surface area contributed by atoms with Gasteiger partial charge < -0.3 is 14.8 Å². The lowest BCUT2D eigenvalue weighted by molar-refractivity contribution is -0.145. The highest BCUT2D eigenvalue weighted by atomic mass is 16.6. The maximum atomic E-state index is 12.8. The number of imide groups is 1. The van der Waals surface area contributed by atoms with E-state index in [1.165, 1.54) is 0 Å². The molecule has 3 rings (SSSR count). The van der Waals surface area contributed by atoms with Gasteiger partial charge in [0.1, 0.15) is 11.6 Å². The molecule has 2 aromatic rings. The second kappa shape index (κ2) is 6.48. The lowest BCUT2D eigenvalue weighted by Crippen LogP contribution is -2.45. The third-order valence-corrected chi connectivity index (χ3v) is 4.42. The predicted octanol–water partition coefficient (Wildman–Crippen LogP) is 2.95. The molecule has 7 heteroatoms. The Hall–Kier alpha value is -2.83. The number of benzene rings is 1. The van der Waals surface area contributed by atoms with Crippen molar-refractivity contribution in [3.63, 3.8) is 0 Å². The van der Waals surface area contributed by atoms with Crippen LogP contribution in [0.2, 0.25) is 0 Å². The Morgan fingerprint density at radius 1 is 1.31 bits per heavy atom. The number of carboxylic acid groups (broad SMARTS) is 1. The number of aromatic amines is 1. The van der Waals surface area contributed by atoms with Crippen molar-refractivity contribution in [1.82, 2.24) is 9.88 Å². The fraction of sp³-hybridized carbons (Fsp3) is 0.421. The Balaban J connectivity index is 1.84. The van der Waals surface area contributed by atoms with E-state index in [4.69, 9.17) is 4.74 Å². The number of para-hydroxylation sites is 1. The molecule has 0 bridgehead atoms. The van der Waals surface area contributed by atoms with E-state index in [1.54, 1.807) is 20.8 Å². The molecule has 2 heterocycles. The second-order valence-electron chi connectivity index (χ2n) is 7.54. The number of hydrogen-bond donors (Lipinski definition) is 2. The third kappa shape index (κ3) is 3.42. The summed E-state index contributed by atoms with van der Waals surface area (Å²) in [5.74, 6) is -2.29. The summed E-state index contributed by atoms with van der Waals surface area (Å²) >= 11 is 0. The standard InChI is InChI=1S/C19H22N2O5/c1-19(2,3)26-18(25)21-15(17(23)24)9-11(16(21)22)8-12-10-20-14-7-5-4-6-13(12)14/h4-7,10-11,15,20H,8-9H2,1-3H3,(H,23,24)/t11-,15+/m0/s1. The van der Waals surface area contributed by atoms with Crippen molar-refractivity contribution in [2.45, 2.75) is 45.3 Å². The second-order valence-corrected chi connectivity index (χ2v) is 7.54. The Bertz CT molecular complexity index is 864. The normalized spacial score (nSPS) is 20.6. The Morgan fingerprint density at radius 2 is 2.00 bits per heavy atom. The van der Waals surface area contributed by atoms with Gasteiger partial charge in [-0.1, -0.05) is 18.2 Å². The van der Waals surface area contributed by atoms with Crippen LogP contribution in [0.3, 0.4) is 0 Å². The summed E-state index contributed by atoms with van der Waals surface area (Å²) in [7, 11) is 0. The van der Waals surface area contributed by atoms with Crippen molar-refractivity contribution in [3.05, 3.63) is 36.0 Å². The van der Waals surface area contributed by atoms with Crippen LogP contribution in [-0.4, -0.2) is 44.6 Å². The number of amides is 2. The molecule has 1 aromatic carbocycles. The number of carbonyl (C=O) groups excluding carboxylic acids is 2. The van der Waals surface area contributed by atoms with Gasteiger partial charge in [0, 0.05) is 23.0 Å². The van der Waals surface area contributed by atoms with Gasteiger partial charge in [0.05, 0.1) is 0 Å². The molecule has 138 valence electrons. The molecule has 0 unspecified atom stereocenters. The van der Waals surface area contributed by atoms with Crippen LogP contribution in [0, 0.1) is 5.92 Å². The monoisotopic (exact) mass is 358 g/mol. The first-order valence-corrected chi connectivity index (χ1v) is 8.51. The number of carboxylic acids is 1. The number of aliphatic carboxylic acids is 1. The summed E-state index contributed by atoms with van der Waals surface area (Å²) < 4.78 is 5.22. The number of aromatic nitrogens is 1. The SMILES string of the molecule is CC(C)(C)OC(=O)N1C(=O)[C@@H](Cc2c[nH]c3ccccc23)C[C@@H]1C(=O)O. The topological polar surface area (TPSA) is 99.7 Å². The first-order valence-electron chi connectivity index (χ1n) is 8.51. The van der Waals surface area contributed by atoms with Crippen LogP contribution in [0.4, 0.5) is 4.79 Å². The quantitative estimate of drug-likeness (QED) is 0.879. The zero-order valence-electron chi connectivity index (χ0n) is 15.0. The zero-order valence-corrected chi connectivity index (χ0v) is 15.0. The summed E-state index contributed by atoms with van der Waals surface area (Å²) in [4.78, 5) is 40.6. The Kier molecular flexibility index (Phi) is 4.48. The van der Waals surface area contributed by atoms with Crippen molar-refractivity contribution < 1.29 is 24.2 Å². The van der Waals surface area contributed by atoms with Gasteiger partial charge in [0.15, 0.2) is 0 Å². The first kappa shape index (κ1) is 18.0. The fourth-order valence-electron chi connectivity index (χ4n) is 3.30. The average molecular weight is 358 g/mol. The molecule has 1 aliphatic rings. The molecule has 26 heavy (non-hydrogen) atoms. The Morgan fingerprint density at radius 3 is 2.65 bits per heavy atom. The summed E-state index contributed by atoms with van der Waals surface area (Å²) in [6.07, 6.45) is 1.36. The highest BCUT2D eigenvalue weighted by Gasteiger charge is 2.48. The van der Waals surface area contributed by atoms with E-state index in [1.807, 2.05) is 30.5 Å². The van der Waals surface area contributed by atoms with Crippen LogP contribution in [0.15, 0.2) is 30.5 Å². The summed E-state index contributed by atoms with van der Waals surface area (Å²) in [6, 6.07) is 6.49. The minimum Gasteiger partial charge on any atom is -0.480 e. The molecule has 1 aliphatic heterocycles. The van der Waals surface area contributed by atoms with E-state index in [-0.39, 0.29) is 6.42 Å². The number of carbonyl (C=O) groups is 3.